The first-order valence-corrected chi connectivity index (χ1v) is 6.83. The van der Waals surface area contributed by atoms with Gasteiger partial charge in [-0.25, -0.2) is 9.67 Å². The minimum Gasteiger partial charge on any atom is -0.339 e. The smallest absolute Gasteiger partial charge is 0.255 e. The Hall–Kier alpha value is -1.91. The molecule has 100 valence electrons. The lowest BCUT2D eigenvalue weighted by atomic mass is 10.1. The number of hydrogen-bond donors (Lipinski definition) is 0. The predicted molar refractivity (Wildman–Crippen MR) is 73.1 cm³/mol. The van der Waals surface area contributed by atoms with Crippen molar-refractivity contribution in [1.29, 1.82) is 0 Å². The summed E-state index contributed by atoms with van der Waals surface area (Å²) in [5.74, 6) is 0.105. The van der Waals surface area contributed by atoms with Crippen LogP contribution in [0.25, 0.3) is 11.0 Å². The zero-order valence-corrected chi connectivity index (χ0v) is 11.4. The van der Waals surface area contributed by atoms with Crippen LogP contribution < -0.4 is 0 Å². The van der Waals surface area contributed by atoms with E-state index in [9.17, 15) is 4.79 Å². The molecule has 0 aliphatic carbocycles. The lowest BCUT2D eigenvalue weighted by Crippen LogP contribution is -2.28. The van der Waals surface area contributed by atoms with E-state index in [1.165, 1.54) is 0 Å². The lowest BCUT2D eigenvalue weighted by molar-refractivity contribution is 0.0792. The molecule has 0 unspecified atom stereocenters. The fraction of sp³-hybridized carbons (Fsp3) is 0.500. The molecule has 0 N–H and O–H groups in total. The molecule has 19 heavy (non-hydrogen) atoms. The quantitative estimate of drug-likeness (QED) is 0.827. The van der Waals surface area contributed by atoms with Crippen molar-refractivity contribution in [1.82, 2.24) is 19.7 Å². The standard InChI is InChI=1S/C14H18N4O/c1-3-18-13-11(9-15-18)8-12(10(2)16-13)14(19)17-6-4-5-7-17/h8-9H,3-7H2,1-2H3. The van der Waals surface area contributed by atoms with Crippen LogP contribution in [0, 0.1) is 6.92 Å². The minimum atomic E-state index is 0.105. The molecule has 1 aliphatic heterocycles. The molecule has 0 bridgehead atoms. The maximum absolute atomic E-state index is 12.4. The highest BCUT2D eigenvalue weighted by Gasteiger charge is 2.22. The summed E-state index contributed by atoms with van der Waals surface area (Å²) in [5.41, 5.74) is 2.36. The van der Waals surface area contributed by atoms with Crippen molar-refractivity contribution in [2.24, 2.45) is 0 Å². The summed E-state index contributed by atoms with van der Waals surface area (Å²) in [6.07, 6.45) is 3.99. The summed E-state index contributed by atoms with van der Waals surface area (Å²) < 4.78 is 1.85. The van der Waals surface area contributed by atoms with Gasteiger partial charge < -0.3 is 4.90 Å². The first-order valence-electron chi connectivity index (χ1n) is 6.83. The number of rotatable bonds is 2. The molecule has 0 spiro atoms. The van der Waals surface area contributed by atoms with Gasteiger partial charge in [0.15, 0.2) is 5.65 Å². The van der Waals surface area contributed by atoms with Crippen LogP contribution in [0.15, 0.2) is 12.3 Å². The van der Waals surface area contributed by atoms with Crippen LogP contribution in [0.4, 0.5) is 0 Å². The molecule has 0 atom stereocenters. The lowest BCUT2D eigenvalue weighted by Gasteiger charge is -2.16. The number of nitrogens with zero attached hydrogens (tertiary/aromatic N) is 4. The van der Waals surface area contributed by atoms with Crippen molar-refractivity contribution in [3.8, 4) is 0 Å². The van der Waals surface area contributed by atoms with Gasteiger partial charge in [0.1, 0.15) is 0 Å². The fourth-order valence-electron chi connectivity index (χ4n) is 2.63. The van der Waals surface area contributed by atoms with Crippen molar-refractivity contribution >= 4 is 16.9 Å². The van der Waals surface area contributed by atoms with E-state index in [-0.39, 0.29) is 5.91 Å². The molecular formula is C14H18N4O. The van der Waals surface area contributed by atoms with Crippen molar-refractivity contribution in [3.63, 3.8) is 0 Å². The van der Waals surface area contributed by atoms with Crippen LogP contribution in [-0.4, -0.2) is 38.7 Å². The van der Waals surface area contributed by atoms with E-state index in [1.54, 1.807) is 6.20 Å². The maximum atomic E-state index is 12.4. The van der Waals surface area contributed by atoms with Crippen molar-refractivity contribution in [2.75, 3.05) is 13.1 Å². The summed E-state index contributed by atoms with van der Waals surface area (Å²) in [6, 6.07) is 1.93. The first-order chi connectivity index (χ1) is 9.20. The van der Waals surface area contributed by atoms with Crippen LogP contribution in [0.2, 0.25) is 0 Å². The van der Waals surface area contributed by atoms with E-state index in [4.69, 9.17) is 0 Å². The summed E-state index contributed by atoms with van der Waals surface area (Å²) in [4.78, 5) is 18.9. The topological polar surface area (TPSA) is 51.0 Å². The van der Waals surface area contributed by atoms with Gasteiger partial charge in [0.25, 0.3) is 5.91 Å². The number of carbonyl (C=O) groups is 1. The highest BCUT2D eigenvalue weighted by atomic mass is 16.2. The molecule has 1 aliphatic rings. The fourth-order valence-corrected chi connectivity index (χ4v) is 2.63. The Morgan fingerprint density at radius 1 is 1.37 bits per heavy atom. The number of amides is 1. The van der Waals surface area contributed by atoms with E-state index in [1.807, 2.05) is 29.5 Å². The van der Waals surface area contributed by atoms with Gasteiger partial charge in [0.05, 0.1) is 17.5 Å². The molecule has 3 heterocycles. The van der Waals surface area contributed by atoms with Crippen molar-refractivity contribution in [2.45, 2.75) is 33.2 Å². The summed E-state index contributed by atoms with van der Waals surface area (Å²) >= 11 is 0. The highest BCUT2D eigenvalue weighted by molar-refractivity contribution is 5.98. The van der Waals surface area contributed by atoms with Crippen LogP contribution in [0.1, 0.15) is 35.8 Å². The van der Waals surface area contributed by atoms with Gasteiger partial charge in [0, 0.05) is 25.0 Å². The van der Waals surface area contributed by atoms with Gasteiger partial charge in [-0.3, -0.25) is 4.79 Å². The third kappa shape index (κ3) is 1.99. The number of fused-ring (bicyclic) bond motifs is 1. The molecule has 5 nitrogen and oxygen atoms in total. The van der Waals surface area contributed by atoms with Crippen LogP contribution in [0.3, 0.4) is 0 Å². The Bertz CT molecular complexity index is 626. The molecule has 1 amide bonds. The second-order valence-electron chi connectivity index (χ2n) is 4.99. The molecule has 2 aromatic heterocycles. The summed E-state index contributed by atoms with van der Waals surface area (Å²) in [7, 11) is 0. The Labute approximate surface area is 112 Å². The number of aryl methyl sites for hydroxylation is 2. The number of pyridine rings is 1. The molecule has 1 saturated heterocycles. The Kier molecular flexibility index (Phi) is 2.97. The summed E-state index contributed by atoms with van der Waals surface area (Å²) in [6.45, 7) is 6.45. The van der Waals surface area contributed by atoms with Gasteiger partial charge >= 0.3 is 0 Å². The monoisotopic (exact) mass is 258 g/mol. The minimum absolute atomic E-state index is 0.105. The van der Waals surface area contributed by atoms with Crippen LogP contribution in [-0.2, 0) is 6.54 Å². The summed E-state index contributed by atoms with van der Waals surface area (Å²) in [5, 5.41) is 5.22. The Morgan fingerprint density at radius 3 is 2.79 bits per heavy atom. The SMILES string of the molecule is CCn1ncc2cc(C(=O)N3CCCC3)c(C)nc21. The second-order valence-corrected chi connectivity index (χ2v) is 4.99. The predicted octanol–water partition coefficient (Wildman–Crippen LogP) is 2.00. The Morgan fingerprint density at radius 2 is 2.11 bits per heavy atom. The average Bonchev–Trinajstić information content (AvgIpc) is 3.06. The van der Waals surface area contributed by atoms with Gasteiger partial charge in [-0.2, -0.15) is 5.10 Å². The van der Waals surface area contributed by atoms with Gasteiger partial charge in [-0.1, -0.05) is 0 Å². The molecule has 3 rings (SSSR count). The van der Waals surface area contributed by atoms with Gasteiger partial charge in [-0.05, 0) is 32.8 Å². The van der Waals surface area contributed by atoms with E-state index < -0.39 is 0 Å². The largest absolute Gasteiger partial charge is 0.339 e. The maximum Gasteiger partial charge on any atom is 0.255 e. The highest BCUT2D eigenvalue weighted by Crippen LogP contribution is 2.19. The van der Waals surface area contributed by atoms with Gasteiger partial charge in [0.2, 0.25) is 0 Å². The third-order valence-electron chi connectivity index (χ3n) is 3.73. The molecule has 0 saturated carbocycles. The van der Waals surface area contributed by atoms with Crippen LogP contribution >= 0.6 is 0 Å². The van der Waals surface area contributed by atoms with Gasteiger partial charge in [-0.15, -0.1) is 0 Å². The van der Waals surface area contributed by atoms with E-state index in [0.29, 0.717) is 5.56 Å². The number of carbonyl (C=O) groups excluding carboxylic acids is 1. The first kappa shape index (κ1) is 12.1. The molecule has 2 aromatic rings. The second kappa shape index (κ2) is 4.64. The molecular weight excluding hydrogens is 240 g/mol. The molecule has 0 aromatic carbocycles. The third-order valence-corrected chi connectivity index (χ3v) is 3.73. The van der Waals surface area contributed by atoms with Crippen molar-refractivity contribution < 1.29 is 4.79 Å². The van der Waals surface area contributed by atoms with E-state index >= 15 is 0 Å². The average molecular weight is 258 g/mol. The zero-order chi connectivity index (χ0) is 13.4. The Balaban J connectivity index is 2.04. The normalized spacial score (nSPS) is 15.4. The van der Waals surface area contributed by atoms with Crippen LogP contribution in [0.5, 0.6) is 0 Å². The zero-order valence-electron chi connectivity index (χ0n) is 11.4. The van der Waals surface area contributed by atoms with E-state index in [2.05, 4.69) is 10.1 Å². The number of likely N-dealkylation sites (tertiary alicyclic amines) is 1. The molecule has 0 radical (unpaired) electrons. The number of hydrogen-bond acceptors (Lipinski definition) is 3. The number of aromatic nitrogens is 3. The molecule has 5 heteroatoms. The molecule has 1 fully saturated rings. The van der Waals surface area contributed by atoms with E-state index in [0.717, 1.165) is 49.2 Å². The van der Waals surface area contributed by atoms with Crippen molar-refractivity contribution in [3.05, 3.63) is 23.5 Å².